The molecule has 2 nitrogen and oxygen atoms in total. The van der Waals surface area contributed by atoms with Crippen LogP contribution in [0.3, 0.4) is 0 Å². The molecule has 1 N–H and O–H groups in total. The molecular formula is C13H22NO+. The van der Waals surface area contributed by atoms with E-state index in [4.69, 9.17) is 5.11 Å². The highest BCUT2D eigenvalue weighted by Gasteiger charge is 2.25. The first-order chi connectivity index (χ1) is 7.08. The predicted molar refractivity (Wildman–Crippen MR) is 63.4 cm³/mol. The molecule has 0 aliphatic carbocycles. The molecule has 1 atom stereocenters. The van der Waals surface area contributed by atoms with Gasteiger partial charge in [-0.2, -0.15) is 0 Å². The minimum absolute atomic E-state index is 0.252. The van der Waals surface area contributed by atoms with Gasteiger partial charge >= 0.3 is 0 Å². The van der Waals surface area contributed by atoms with Crippen molar-refractivity contribution in [3.05, 3.63) is 35.9 Å². The predicted octanol–water partition coefficient (Wildman–Crippen LogP) is 2.03. The molecular weight excluding hydrogens is 186 g/mol. The van der Waals surface area contributed by atoms with Crippen LogP contribution >= 0.6 is 0 Å². The van der Waals surface area contributed by atoms with Gasteiger partial charge in [0.25, 0.3) is 0 Å². The van der Waals surface area contributed by atoms with Crippen molar-refractivity contribution in [1.29, 1.82) is 0 Å². The number of likely N-dealkylation sites (N-methyl/N-ethyl adjacent to an activating group) is 1. The van der Waals surface area contributed by atoms with E-state index in [1.165, 1.54) is 5.56 Å². The SMILES string of the molecule is CC(C)[N+](C)(CCO)Cc1ccccc1. The van der Waals surface area contributed by atoms with Crippen molar-refractivity contribution in [3.63, 3.8) is 0 Å². The zero-order chi connectivity index (χ0) is 11.3. The molecule has 0 heterocycles. The van der Waals surface area contributed by atoms with Gasteiger partial charge in [-0.15, -0.1) is 0 Å². The van der Waals surface area contributed by atoms with Crippen molar-refractivity contribution in [2.45, 2.75) is 26.4 Å². The summed E-state index contributed by atoms with van der Waals surface area (Å²) in [6.07, 6.45) is 0. The van der Waals surface area contributed by atoms with E-state index >= 15 is 0 Å². The third-order valence-corrected chi connectivity index (χ3v) is 3.24. The largest absolute Gasteiger partial charge is 0.391 e. The van der Waals surface area contributed by atoms with E-state index in [-0.39, 0.29) is 6.61 Å². The topological polar surface area (TPSA) is 20.2 Å². The monoisotopic (exact) mass is 208 g/mol. The number of aliphatic hydroxyl groups is 1. The maximum Gasteiger partial charge on any atom is 0.104 e. The molecule has 0 fully saturated rings. The molecule has 0 radical (unpaired) electrons. The molecule has 1 rings (SSSR count). The average Bonchev–Trinajstić information content (AvgIpc) is 2.19. The van der Waals surface area contributed by atoms with Crippen LogP contribution in [-0.4, -0.2) is 35.8 Å². The van der Waals surface area contributed by atoms with Crippen LogP contribution in [0.1, 0.15) is 19.4 Å². The van der Waals surface area contributed by atoms with Crippen LogP contribution in [0, 0.1) is 0 Å². The fourth-order valence-electron chi connectivity index (χ4n) is 1.75. The Morgan fingerprint density at radius 1 is 1.20 bits per heavy atom. The van der Waals surface area contributed by atoms with Crippen molar-refractivity contribution < 1.29 is 9.59 Å². The van der Waals surface area contributed by atoms with Crippen molar-refractivity contribution in [1.82, 2.24) is 0 Å². The van der Waals surface area contributed by atoms with Gasteiger partial charge in [-0.25, -0.2) is 0 Å². The molecule has 84 valence electrons. The summed E-state index contributed by atoms with van der Waals surface area (Å²) in [4.78, 5) is 0. The average molecular weight is 208 g/mol. The Balaban J connectivity index is 2.75. The fourth-order valence-corrected chi connectivity index (χ4v) is 1.75. The van der Waals surface area contributed by atoms with Crippen LogP contribution in [0.5, 0.6) is 0 Å². The Morgan fingerprint density at radius 3 is 2.27 bits per heavy atom. The van der Waals surface area contributed by atoms with Gasteiger partial charge < -0.3 is 9.59 Å². The number of hydrogen-bond donors (Lipinski definition) is 1. The lowest BCUT2D eigenvalue weighted by Crippen LogP contribution is -2.50. The zero-order valence-corrected chi connectivity index (χ0v) is 9.98. The summed E-state index contributed by atoms with van der Waals surface area (Å²) in [5, 5.41) is 9.11. The molecule has 1 unspecified atom stereocenters. The zero-order valence-electron chi connectivity index (χ0n) is 9.98. The number of hydrogen-bond acceptors (Lipinski definition) is 1. The number of nitrogens with zero attached hydrogens (tertiary/aromatic N) is 1. The number of aliphatic hydroxyl groups excluding tert-OH is 1. The molecule has 15 heavy (non-hydrogen) atoms. The Labute approximate surface area is 92.8 Å². The van der Waals surface area contributed by atoms with Crippen LogP contribution in [0.15, 0.2) is 30.3 Å². The van der Waals surface area contributed by atoms with Crippen LogP contribution in [0.2, 0.25) is 0 Å². The molecule has 0 aliphatic heterocycles. The first-order valence-electron chi connectivity index (χ1n) is 5.57. The van der Waals surface area contributed by atoms with Crippen molar-refractivity contribution in [2.24, 2.45) is 0 Å². The van der Waals surface area contributed by atoms with Crippen molar-refractivity contribution in [2.75, 3.05) is 20.2 Å². The Bertz CT molecular complexity index is 284. The molecule has 2 heteroatoms. The van der Waals surface area contributed by atoms with E-state index in [1.807, 2.05) is 6.07 Å². The van der Waals surface area contributed by atoms with Crippen molar-refractivity contribution in [3.8, 4) is 0 Å². The third-order valence-electron chi connectivity index (χ3n) is 3.24. The summed E-state index contributed by atoms with van der Waals surface area (Å²) < 4.78 is 0.889. The molecule has 0 aromatic heterocycles. The highest BCUT2D eigenvalue weighted by molar-refractivity contribution is 5.13. The molecule has 0 aliphatic rings. The lowest BCUT2D eigenvalue weighted by atomic mass is 10.1. The van der Waals surface area contributed by atoms with Gasteiger partial charge in [-0.05, 0) is 13.8 Å². The fraction of sp³-hybridized carbons (Fsp3) is 0.538. The van der Waals surface area contributed by atoms with E-state index in [0.717, 1.165) is 17.6 Å². The van der Waals surface area contributed by atoms with Gasteiger partial charge in [-0.3, -0.25) is 0 Å². The van der Waals surface area contributed by atoms with Gasteiger partial charge in [-0.1, -0.05) is 30.3 Å². The van der Waals surface area contributed by atoms with E-state index in [2.05, 4.69) is 45.2 Å². The highest BCUT2D eigenvalue weighted by atomic mass is 16.3. The molecule has 0 saturated carbocycles. The highest BCUT2D eigenvalue weighted by Crippen LogP contribution is 2.15. The Morgan fingerprint density at radius 2 is 1.80 bits per heavy atom. The van der Waals surface area contributed by atoms with Crippen LogP contribution in [-0.2, 0) is 6.54 Å². The van der Waals surface area contributed by atoms with E-state index in [9.17, 15) is 0 Å². The van der Waals surface area contributed by atoms with E-state index in [1.54, 1.807) is 0 Å². The molecule has 0 spiro atoms. The second-order valence-corrected chi connectivity index (χ2v) is 4.66. The molecule has 0 amide bonds. The van der Waals surface area contributed by atoms with Gasteiger partial charge in [0.15, 0.2) is 0 Å². The first-order valence-corrected chi connectivity index (χ1v) is 5.57. The quantitative estimate of drug-likeness (QED) is 0.734. The summed E-state index contributed by atoms with van der Waals surface area (Å²) in [5.41, 5.74) is 1.34. The Hall–Kier alpha value is -0.860. The smallest absolute Gasteiger partial charge is 0.104 e. The molecule has 1 aromatic rings. The minimum Gasteiger partial charge on any atom is -0.391 e. The summed E-state index contributed by atoms with van der Waals surface area (Å²) in [6.45, 7) is 6.46. The lowest BCUT2D eigenvalue weighted by Gasteiger charge is -2.38. The lowest BCUT2D eigenvalue weighted by molar-refractivity contribution is -0.942. The summed E-state index contributed by atoms with van der Waals surface area (Å²) in [6, 6.07) is 11.0. The minimum atomic E-state index is 0.252. The van der Waals surface area contributed by atoms with Crippen LogP contribution < -0.4 is 0 Å². The first kappa shape index (κ1) is 12.2. The normalized spacial score (nSPS) is 15.3. The number of benzene rings is 1. The summed E-state index contributed by atoms with van der Waals surface area (Å²) in [5.74, 6) is 0. The van der Waals surface area contributed by atoms with Crippen LogP contribution in [0.25, 0.3) is 0 Å². The number of rotatable bonds is 5. The summed E-state index contributed by atoms with van der Waals surface area (Å²) >= 11 is 0. The standard InChI is InChI=1S/C13H22NO/c1-12(2)14(3,9-10-15)11-13-7-5-4-6-8-13/h4-8,12,15H,9-11H2,1-3H3/q+1. The molecule has 1 aromatic carbocycles. The van der Waals surface area contributed by atoms with Gasteiger partial charge in [0.05, 0.1) is 19.7 Å². The molecule has 0 bridgehead atoms. The maximum atomic E-state index is 9.11. The van der Waals surface area contributed by atoms with E-state index < -0.39 is 0 Å². The third kappa shape index (κ3) is 3.33. The summed E-state index contributed by atoms with van der Waals surface area (Å²) in [7, 11) is 2.20. The van der Waals surface area contributed by atoms with Gasteiger partial charge in [0.2, 0.25) is 0 Å². The second kappa shape index (κ2) is 5.29. The van der Waals surface area contributed by atoms with Crippen molar-refractivity contribution >= 4 is 0 Å². The van der Waals surface area contributed by atoms with E-state index in [0.29, 0.717) is 6.04 Å². The maximum absolute atomic E-state index is 9.11. The second-order valence-electron chi connectivity index (χ2n) is 4.66. The number of quaternary nitrogens is 1. The Kier molecular flexibility index (Phi) is 4.30. The van der Waals surface area contributed by atoms with Gasteiger partial charge in [0, 0.05) is 5.56 Å². The van der Waals surface area contributed by atoms with Gasteiger partial charge in [0.1, 0.15) is 13.1 Å². The van der Waals surface area contributed by atoms with Crippen LogP contribution in [0.4, 0.5) is 0 Å². The molecule has 0 saturated heterocycles.